The number of hydrogen-bond donors (Lipinski definition) is 2. The van der Waals surface area contributed by atoms with Crippen molar-refractivity contribution >= 4 is 36.4 Å². The minimum atomic E-state index is -0.481. The Bertz CT molecular complexity index is 564. The van der Waals surface area contributed by atoms with Crippen molar-refractivity contribution in [2.45, 2.75) is 59.3 Å². The molecule has 1 fully saturated rings. The van der Waals surface area contributed by atoms with Crippen LogP contribution in [0.4, 0.5) is 5.69 Å². The Morgan fingerprint density at radius 2 is 1.81 bits per heavy atom. The van der Waals surface area contributed by atoms with E-state index in [-0.39, 0.29) is 42.9 Å². The maximum atomic E-state index is 12.7. The summed E-state index contributed by atoms with van der Waals surface area (Å²) < 4.78 is 5.79. The number of nitrogens with two attached hydrogens (primary N) is 1. The second-order valence-corrected chi connectivity index (χ2v) is 7.30. The number of benzene rings is 1. The Kier molecular flexibility index (Phi) is 11.5. The molecule has 2 unspecified atom stereocenters. The number of halogens is 2. The highest BCUT2D eigenvalue weighted by atomic mass is 35.5. The molecule has 1 aliphatic rings. The maximum absolute atomic E-state index is 12.7. The average Bonchev–Trinajstić information content (AvgIpc) is 2.56. The number of nitrogens with one attached hydrogen (secondary N) is 1. The maximum Gasteiger partial charge on any atom is 0.231 e. The predicted molar refractivity (Wildman–Crippen MR) is 117 cm³/mol. The van der Waals surface area contributed by atoms with Crippen molar-refractivity contribution in [3.05, 3.63) is 29.8 Å². The Balaban J connectivity index is 0.00000338. The molecule has 2 rings (SSSR count). The van der Waals surface area contributed by atoms with E-state index < -0.39 is 5.41 Å². The number of amides is 1. The summed E-state index contributed by atoms with van der Waals surface area (Å²) >= 11 is 0. The summed E-state index contributed by atoms with van der Waals surface area (Å²) in [5.74, 6) is 0.0192. The number of carbonyl (C=O) groups excluding carboxylic acids is 1. The van der Waals surface area contributed by atoms with Gasteiger partial charge < -0.3 is 15.8 Å². The Labute approximate surface area is 176 Å². The van der Waals surface area contributed by atoms with Gasteiger partial charge in [-0.2, -0.15) is 0 Å². The zero-order valence-corrected chi connectivity index (χ0v) is 18.5. The van der Waals surface area contributed by atoms with Gasteiger partial charge in [-0.1, -0.05) is 26.0 Å². The highest BCUT2D eigenvalue weighted by molar-refractivity contribution is 5.95. The Morgan fingerprint density at radius 3 is 2.33 bits per heavy atom. The molecule has 0 aromatic heterocycles. The highest BCUT2D eigenvalue weighted by Crippen LogP contribution is 2.27. The van der Waals surface area contributed by atoms with Gasteiger partial charge in [-0.3, -0.25) is 9.69 Å². The van der Waals surface area contributed by atoms with Crippen LogP contribution in [0.25, 0.3) is 0 Å². The lowest BCUT2D eigenvalue weighted by molar-refractivity contribution is -0.125. The quantitative estimate of drug-likeness (QED) is 0.703. The van der Waals surface area contributed by atoms with Crippen LogP contribution in [0.15, 0.2) is 24.3 Å². The third-order valence-corrected chi connectivity index (χ3v) is 5.31. The Morgan fingerprint density at radius 1 is 1.22 bits per heavy atom. The minimum absolute atomic E-state index is 0. The molecule has 0 bridgehead atoms. The van der Waals surface area contributed by atoms with Gasteiger partial charge in [0.15, 0.2) is 0 Å². The minimum Gasteiger partial charge on any atom is -0.373 e. The van der Waals surface area contributed by atoms with Gasteiger partial charge in [0.1, 0.15) is 0 Å². The van der Waals surface area contributed by atoms with Crippen LogP contribution in [0.1, 0.15) is 46.1 Å². The highest BCUT2D eigenvalue weighted by Gasteiger charge is 2.33. The number of nitrogens with zero attached hydrogens (tertiary/aromatic N) is 1. The largest absolute Gasteiger partial charge is 0.373 e. The molecule has 1 aliphatic heterocycles. The lowest BCUT2D eigenvalue weighted by atomic mass is 9.81. The molecule has 5 nitrogen and oxygen atoms in total. The van der Waals surface area contributed by atoms with Crippen LogP contribution in [0.5, 0.6) is 0 Å². The number of ether oxygens (including phenoxy) is 1. The molecule has 1 aromatic carbocycles. The first-order valence-electron chi connectivity index (χ1n) is 9.40. The lowest BCUT2D eigenvalue weighted by Crippen LogP contribution is -2.44. The summed E-state index contributed by atoms with van der Waals surface area (Å²) in [7, 11) is 0. The molecule has 0 spiro atoms. The number of carbonyl (C=O) groups is 1. The molecule has 156 valence electrons. The summed E-state index contributed by atoms with van der Waals surface area (Å²) in [6.45, 7) is 11.4. The first kappa shape index (κ1) is 26.1. The second kappa shape index (κ2) is 11.9. The van der Waals surface area contributed by atoms with E-state index in [0.29, 0.717) is 6.54 Å². The van der Waals surface area contributed by atoms with Crippen LogP contribution in [0.2, 0.25) is 0 Å². The third kappa shape index (κ3) is 6.91. The molecular weight excluding hydrogens is 385 g/mol. The van der Waals surface area contributed by atoms with Gasteiger partial charge in [-0.15, -0.1) is 24.8 Å². The molecule has 3 N–H and O–H groups in total. The van der Waals surface area contributed by atoms with E-state index in [1.165, 1.54) is 5.56 Å². The molecular formula is C20H35Cl2N3O2. The van der Waals surface area contributed by atoms with Crippen molar-refractivity contribution in [2.75, 3.05) is 25.0 Å². The zero-order valence-electron chi connectivity index (χ0n) is 16.9. The van der Waals surface area contributed by atoms with E-state index >= 15 is 0 Å². The molecule has 2 atom stereocenters. The molecule has 0 radical (unpaired) electrons. The molecule has 1 amide bonds. The van der Waals surface area contributed by atoms with Crippen LogP contribution in [0, 0.1) is 5.41 Å². The summed E-state index contributed by atoms with van der Waals surface area (Å²) in [4.78, 5) is 15.1. The van der Waals surface area contributed by atoms with E-state index in [1.807, 2.05) is 26.0 Å². The van der Waals surface area contributed by atoms with E-state index in [1.54, 1.807) is 0 Å². The van der Waals surface area contributed by atoms with Gasteiger partial charge in [0.05, 0.1) is 17.6 Å². The standard InChI is InChI=1S/C20H33N3O2.2ClH/c1-5-20(6-2,14-21)19(24)22-18-9-7-8-17(10-18)13-23-11-15(3)25-16(4)12-23;;/h7-10,15-16H,5-6,11-14,21H2,1-4H3,(H,22,24);2*1H. The van der Waals surface area contributed by atoms with Crippen molar-refractivity contribution in [1.29, 1.82) is 0 Å². The fourth-order valence-corrected chi connectivity index (χ4v) is 3.64. The van der Waals surface area contributed by atoms with E-state index in [0.717, 1.165) is 38.2 Å². The van der Waals surface area contributed by atoms with E-state index in [4.69, 9.17) is 10.5 Å². The SMILES string of the molecule is CCC(CC)(CN)C(=O)Nc1cccc(CN2CC(C)OC(C)C2)c1.Cl.Cl. The third-order valence-electron chi connectivity index (χ3n) is 5.31. The molecule has 1 saturated heterocycles. The molecule has 27 heavy (non-hydrogen) atoms. The first-order valence-corrected chi connectivity index (χ1v) is 9.40. The molecule has 0 aliphatic carbocycles. The number of hydrogen-bond acceptors (Lipinski definition) is 4. The summed E-state index contributed by atoms with van der Waals surface area (Å²) in [5, 5.41) is 3.07. The number of morpholine rings is 1. The topological polar surface area (TPSA) is 67.6 Å². The average molecular weight is 420 g/mol. The van der Waals surface area contributed by atoms with Crippen molar-refractivity contribution < 1.29 is 9.53 Å². The van der Waals surface area contributed by atoms with Crippen molar-refractivity contribution in [1.82, 2.24) is 4.90 Å². The number of anilines is 1. The molecule has 0 saturated carbocycles. The second-order valence-electron chi connectivity index (χ2n) is 7.30. The van der Waals surface area contributed by atoms with Crippen LogP contribution >= 0.6 is 24.8 Å². The van der Waals surface area contributed by atoms with Crippen molar-refractivity contribution in [2.24, 2.45) is 11.1 Å². The fraction of sp³-hybridized carbons (Fsp3) is 0.650. The predicted octanol–water partition coefficient (Wildman–Crippen LogP) is 3.84. The monoisotopic (exact) mass is 419 g/mol. The number of rotatable bonds is 7. The van der Waals surface area contributed by atoms with E-state index in [9.17, 15) is 4.79 Å². The summed E-state index contributed by atoms with van der Waals surface area (Å²) in [6, 6.07) is 8.12. The Hall–Kier alpha value is -0.850. The van der Waals surface area contributed by atoms with Crippen LogP contribution < -0.4 is 11.1 Å². The molecule has 7 heteroatoms. The fourth-order valence-electron chi connectivity index (χ4n) is 3.64. The van der Waals surface area contributed by atoms with Gasteiger partial charge in [0, 0.05) is 31.9 Å². The van der Waals surface area contributed by atoms with Gasteiger partial charge in [-0.05, 0) is 44.4 Å². The normalized spacial score (nSPS) is 20.3. The molecule has 1 aromatic rings. The van der Waals surface area contributed by atoms with Gasteiger partial charge in [0.2, 0.25) is 5.91 Å². The first-order chi connectivity index (χ1) is 11.9. The van der Waals surface area contributed by atoms with Crippen LogP contribution in [-0.2, 0) is 16.1 Å². The van der Waals surface area contributed by atoms with Gasteiger partial charge in [0.25, 0.3) is 0 Å². The van der Waals surface area contributed by atoms with Gasteiger partial charge in [-0.25, -0.2) is 0 Å². The molecule has 1 heterocycles. The summed E-state index contributed by atoms with van der Waals surface area (Å²) in [6.07, 6.45) is 2.00. The lowest BCUT2D eigenvalue weighted by Gasteiger charge is -2.35. The van der Waals surface area contributed by atoms with Crippen molar-refractivity contribution in [3.63, 3.8) is 0 Å². The van der Waals surface area contributed by atoms with E-state index in [2.05, 4.69) is 36.2 Å². The van der Waals surface area contributed by atoms with Crippen molar-refractivity contribution in [3.8, 4) is 0 Å². The van der Waals surface area contributed by atoms with Gasteiger partial charge >= 0.3 is 0 Å². The van der Waals surface area contributed by atoms with Crippen LogP contribution in [-0.4, -0.2) is 42.6 Å². The zero-order chi connectivity index (χ0) is 18.4. The van der Waals surface area contributed by atoms with Crippen LogP contribution in [0.3, 0.4) is 0 Å². The smallest absolute Gasteiger partial charge is 0.231 e. The summed E-state index contributed by atoms with van der Waals surface area (Å²) in [5.41, 5.74) is 7.45.